The minimum absolute atomic E-state index is 0. The van der Waals surface area contributed by atoms with Gasteiger partial charge in [-0.05, 0) is 0 Å². The van der Waals surface area contributed by atoms with Gasteiger partial charge in [0.25, 0.3) is 0 Å². The number of hydrogen-bond acceptors (Lipinski definition) is 8. The van der Waals surface area contributed by atoms with Crippen molar-refractivity contribution >= 4 is 87.0 Å². The normalized spacial score (nSPS) is 10.9. The average molecular weight is 326 g/mol. The Morgan fingerprint density at radius 3 is 0.455 bits per heavy atom. The van der Waals surface area contributed by atoms with Gasteiger partial charge in [0.1, 0.15) is 0 Å². The molecule has 0 aromatic heterocycles. The fraction of sp³-hybridized carbons (Fsp3) is 0. The van der Waals surface area contributed by atoms with E-state index in [9.17, 15) is 0 Å². The van der Waals surface area contributed by atoms with Gasteiger partial charge in [0.05, 0.1) is 0 Å². The molecule has 0 radical (unpaired) electrons. The standard InChI is InChI=1S/Cs.2H4O4Si.H/c;2*1-5(2,3)4;/h;2*1-4H;. The Morgan fingerprint density at radius 1 is 0.455 bits per heavy atom. The summed E-state index contributed by atoms with van der Waals surface area (Å²) in [6, 6.07) is 0. The maximum absolute atomic E-state index is 7.33. The SMILES string of the molecule is O[Si](O)(O)O.O[Si](O)(O)O.[CsH]. The molecule has 0 aromatic rings. The molecular formula is H9CsO8Si2. The summed E-state index contributed by atoms with van der Waals surface area (Å²) in [5.74, 6) is 0. The van der Waals surface area contributed by atoms with Crippen LogP contribution >= 0.6 is 0 Å². The zero-order valence-corrected chi connectivity index (χ0v) is 6.58. The van der Waals surface area contributed by atoms with E-state index in [-0.39, 0.29) is 68.9 Å². The predicted molar refractivity (Wildman–Crippen MR) is 36.4 cm³/mol. The van der Waals surface area contributed by atoms with Crippen LogP contribution in [0.25, 0.3) is 0 Å². The molecule has 8 nitrogen and oxygen atoms in total. The van der Waals surface area contributed by atoms with Crippen molar-refractivity contribution in [1.29, 1.82) is 0 Å². The van der Waals surface area contributed by atoms with Gasteiger partial charge in [0.2, 0.25) is 0 Å². The van der Waals surface area contributed by atoms with E-state index in [4.69, 9.17) is 38.4 Å². The second-order valence-electron chi connectivity index (χ2n) is 1.20. The summed E-state index contributed by atoms with van der Waals surface area (Å²) in [5, 5.41) is 0. The first-order chi connectivity index (χ1) is 4.00. The van der Waals surface area contributed by atoms with E-state index in [1.54, 1.807) is 0 Å². The maximum atomic E-state index is 7.33. The average Bonchev–Trinajstić information content (AvgIpc) is 1.12. The van der Waals surface area contributed by atoms with Crippen molar-refractivity contribution in [3.05, 3.63) is 0 Å². The van der Waals surface area contributed by atoms with E-state index >= 15 is 0 Å². The van der Waals surface area contributed by atoms with Crippen molar-refractivity contribution in [3.63, 3.8) is 0 Å². The Labute approximate surface area is 123 Å². The number of rotatable bonds is 0. The van der Waals surface area contributed by atoms with Crippen molar-refractivity contribution in [2.45, 2.75) is 0 Å². The van der Waals surface area contributed by atoms with Crippen LogP contribution in [0.2, 0.25) is 0 Å². The second-order valence-corrected chi connectivity index (χ2v) is 3.60. The van der Waals surface area contributed by atoms with Gasteiger partial charge in [-0.15, -0.1) is 0 Å². The molecular weight excluding hydrogens is 317 g/mol. The van der Waals surface area contributed by atoms with Crippen molar-refractivity contribution in [3.8, 4) is 0 Å². The van der Waals surface area contributed by atoms with Crippen molar-refractivity contribution in [1.82, 2.24) is 0 Å². The Morgan fingerprint density at radius 2 is 0.455 bits per heavy atom. The van der Waals surface area contributed by atoms with Gasteiger partial charge in [0, 0.05) is 0 Å². The molecule has 0 saturated carbocycles. The molecule has 0 saturated heterocycles. The van der Waals surface area contributed by atoms with Crippen molar-refractivity contribution < 1.29 is 38.4 Å². The van der Waals surface area contributed by atoms with Crippen LogP contribution in [0.3, 0.4) is 0 Å². The van der Waals surface area contributed by atoms with Crippen LogP contribution in [0.5, 0.6) is 0 Å². The van der Waals surface area contributed by atoms with Gasteiger partial charge in [-0.1, -0.05) is 0 Å². The van der Waals surface area contributed by atoms with E-state index < -0.39 is 18.1 Å². The van der Waals surface area contributed by atoms with Crippen molar-refractivity contribution in [2.24, 2.45) is 0 Å². The Kier molecular flexibility index (Phi) is 13.0. The Hall–Kier alpha value is 2.17. The van der Waals surface area contributed by atoms with E-state index in [0.717, 1.165) is 0 Å². The van der Waals surface area contributed by atoms with Gasteiger partial charge in [-0.25, -0.2) is 0 Å². The molecule has 8 N–H and O–H groups in total. The molecule has 0 rings (SSSR count). The van der Waals surface area contributed by atoms with Crippen molar-refractivity contribution in [2.75, 3.05) is 0 Å². The minimum atomic E-state index is -4.61. The molecule has 0 aliphatic heterocycles. The molecule has 11 heavy (non-hydrogen) atoms. The molecule has 11 heteroatoms. The molecule has 0 heterocycles. The molecule has 0 atom stereocenters. The monoisotopic (exact) mass is 326 g/mol. The van der Waals surface area contributed by atoms with Crippen LogP contribution < -0.4 is 0 Å². The Balaban J connectivity index is -0.000000107. The van der Waals surface area contributed by atoms with Crippen LogP contribution in [-0.2, 0) is 0 Å². The van der Waals surface area contributed by atoms with Gasteiger partial charge >= 0.3 is 87.0 Å². The van der Waals surface area contributed by atoms with E-state index in [1.807, 2.05) is 0 Å². The first-order valence-corrected chi connectivity index (χ1v) is 5.37. The summed E-state index contributed by atoms with van der Waals surface area (Å²) in [5.41, 5.74) is 0. The third-order valence-electron chi connectivity index (χ3n) is 0. The molecule has 0 spiro atoms. The van der Waals surface area contributed by atoms with E-state index in [1.165, 1.54) is 0 Å². The van der Waals surface area contributed by atoms with Crippen LogP contribution in [0.4, 0.5) is 0 Å². The number of hydrogen-bond donors (Lipinski definition) is 8. The summed E-state index contributed by atoms with van der Waals surface area (Å²) in [6.45, 7) is 0. The van der Waals surface area contributed by atoms with Crippen LogP contribution in [0.15, 0.2) is 0 Å². The summed E-state index contributed by atoms with van der Waals surface area (Å²) >= 11 is 0. The Bertz CT molecular complexity index is 55.1. The summed E-state index contributed by atoms with van der Waals surface area (Å²) in [7, 11) is -9.22. The first kappa shape index (κ1) is 18.9. The molecule has 0 aliphatic carbocycles. The van der Waals surface area contributed by atoms with Crippen LogP contribution in [0, 0.1) is 0 Å². The van der Waals surface area contributed by atoms with E-state index in [0.29, 0.717) is 0 Å². The molecule has 0 bridgehead atoms. The second kappa shape index (κ2) is 7.56. The molecule has 0 aliphatic rings. The third-order valence-corrected chi connectivity index (χ3v) is 0. The quantitative estimate of drug-likeness (QED) is 0.204. The zero-order valence-electron chi connectivity index (χ0n) is 4.58. The summed E-state index contributed by atoms with van der Waals surface area (Å²) < 4.78 is 0. The molecule has 66 valence electrons. The van der Waals surface area contributed by atoms with Crippen LogP contribution in [0.1, 0.15) is 0 Å². The van der Waals surface area contributed by atoms with Gasteiger partial charge in [0.15, 0.2) is 0 Å². The van der Waals surface area contributed by atoms with E-state index in [2.05, 4.69) is 0 Å². The third kappa shape index (κ3) is 268. The zero-order chi connectivity index (χ0) is 9.00. The molecule has 0 unspecified atom stereocenters. The summed E-state index contributed by atoms with van der Waals surface area (Å²) in [4.78, 5) is 58.6. The van der Waals surface area contributed by atoms with Gasteiger partial charge in [-0.2, -0.15) is 0 Å². The van der Waals surface area contributed by atoms with Gasteiger partial charge < -0.3 is 38.4 Å². The fourth-order valence-corrected chi connectivity index (χ4v) is 0. The predicted octanol–water partition coefficient (Wildman–Crippen LogP) is -5.87. The fourth-order valence-electron chi connectivity index (χ4n) is 0. The molecule has 0 amide bonds. The molecule has 0 fully saturated rings. The summed E-state index contributed by atoms with van der Waals surface area (Å²) in [6.07, 6.45) is 0. The first-order valence-electron chi connectivity index (χ1n) is 1.79. The topological polar surface area (TPSA) is 162 Å². The van der Waals surface area contributed by atoms with Gasteiger partial charge in [-0.3, -0.25) is 0 Å². The molecule has 0 aromatic carbocycles. The van der Waals surface area contributed by atoms with Crippen LogP contribution in [-0.4, -0.2) is 125 Å².